The van der Waals surface area contributed by atoms with Crippen molar-refractivity contribution >= 4 is 28.7 Å². The van der Waals surface area contributed by atoms with Crippen LogP contribution in [0.4, 0.5) is 0 Å². The quantitative estimate of drug-likeness (QED) is 0.635. The first-order valence-corrected chi connectivity index (χ1v) is 8.81. The Balaban J connectivity index is 2.11. The average Bonchev–Trinajstić information content (AvgIpc) is 3.10. The third-order valence-corrected chi connectivity index (χ3v) is 4.37. The summed E-state index contributed by atoms with van der Waals surface area (Å²) in [5, 5.41) is 9.01. The van der Waals surface area contributed by atoms with Gasteiger partial charge < -0.3 is 9.47 Å². The third-order valence-electron chi connectivity index (χ3n) is 3.82. The lowest BCUT2D eigenvalue weighted by atomic mass is 10.0. The van der Waals surface area contributed by atoms with E-state index in [0.717, 1.165) is 28.4 Å². The number of benzene rings is 2. The van der Waals surface area contributed by atoms with Crippen LogP contribution in [-0.4, -0.2) is 26.9 Å². The van der Waals surface area contributed by atoms with Gasteiger partial charge in [0.05, 0.1) is 35.5 Å². The number of nitrogens with zero attached hydrogens (tertiary/aromatic N) is 3. The average molecular weight is 367 g/mol. The van der Waals surface area contributed by atoms with Crippen LogP contribution >= 0.6 is 11.7 Å². The minimum atomic E-state index is -1.16. The van der Waals surface area contributed by atoms with Gasteiger partial charge in [-0.2, -0.15) is 14.0 Å². The molecule has 0 radical (unpaired) electrons. The molecule has 1 aromatic heterocycles. The minimum absolute atomic E-state index is 0.281. The van der Waals surface area contributed by atoms with E-state index in [1.54, 1.807) is 39.0 Å². The van der Waals surface area contributed by atoms with Crippen molar-refractivity contribution in [1.82, 2.24) is 8.75 Å². The van der Waals surface area contributed by atoms with Crippen LogP contribution in [0.2, 0.25) is 0 Å². The Morgan fingerprint density at radius 3 is 2.58 bits per heavy atom. The topological polar surface area (TPSA) is 85.1 Å². The van der Waals surface area contributed by atoms with Crippen LogP contribution in [0, 0.1) is 11.3 Å². The van der Waals surface area contributed by atoms with Gasteiger partial charge in [-0.25, -0.2) is 4.79 Å². The molecule has 0 saturated heterocycles. The summed E-state index contributed by atoms with van der Waals surface area (Å²) in [6.45, 7) is 5.36. The number of rotatable bonds is 5. The fourth-order valence-electron chi connectivity index (χ4n) is 2.53. The number of carbonyl (C=O) groups excluding carboxylic acids is 1. The van der Waals surface area contributed by atoms with Crippen molar-refractivity contribution in [3.63, 3.8) is 0 Å². The Kier molecular flexibility index (Phi) is 4.87. The van der Waals surface area contributed by atoms with Crippen LogP contribution in [-0.2, 0) is 9.53 Å². The lowest BCUT2D eigenvalue weighted by Crippen LogP contribution is -2.39. The molecule has 0 fully saturated rings. The predicted octanol–water partition coefficient (Wildman–Crippen LogP) is 3.95. The second-order valence-corrected chi connectivity index (χ2v) is 6.62. The van der Waals surface area contributed by atoms with Crippen LogP contribution in [0.25, 0.3) is 22.2 Å². The number of ether oxygens (including phenoxy) is 2. The standard InChI is InChI=1S/C19H17N3O3S/c1-4-24-18(23)19(2,3)25-15-10-9-14-17(22-26-21-14)16(15)13-7-5-12(11-20)6-8-13/h5-10H,4H2,1-3H3. The summed E-state index contributed by atoms with van der Waals surface area (Å²) >= 11 is 1.11. The van der Waals surface area contributed by atoms with E-state index in [-0.39, 0.29) is 6.61 Å². The number of hydrogen-bond donors (Lipinski definition) is 0. The maximum absolute atomic E-state index is 12.2. The van der Waals surface area contributed by atoms with Gasteiger partial charge in [0, 0.05) is 0 Å². The summed E-state index contributed by atoms with van der Waals surface area (Å²) in [5.74, 6) is 0.0650. The lowest BCUT2D eigenvalue weighted by Gasteiger charge is -2.25. The van der Waals surface area contributed by atoms with Gasteiger partial charge in [-0.05, 0) is 50.6 Å². The lowest BCUT2D eigenvalue weighted by molar-refractivity contribution is -0.158. The highest BCUT2D eigenvalue weighted by molar-refractivity contribution is 7.00. The zero-order chi connectivity index (χ0) is 18.7. The molecule has 7 heteroatoms. The second kappa shape index (κ2) is 7.10. The fourth-order valence-corrected chi connectivity index (χ4v) is 3.07. The maximum atomic E-state index is 12.2. The molecule has 26 heavy (non-hydrogen) atoms. The largest absolute Gasteiger partial charge is 0.475 e. The van der Waals surface area contributed by atoms with Gasteiger partial charge in [0.2, 0.25) is 0 Å². The van der Waals surface area contributed by atoms with E-state index in [2.05, 4.69) is 14.8 Å². The number of esters is 1. The van der Waals surface area contributed by atoms with Gasteiger partial charge in [-0.15, -0.1) is 0 Å². The zero-order valence-corrected chi connectivity index (χ0v) is 15.5. The van der Waals surface area contributed by atoms with Crippen molar-refractivity contribution < 1.29 is 14.3 Å². The summed E-state index contributed by atoms with van der Waals surface area (Å²) in [6, 6.07) is 12.8. The van der Waals surface area contributed by atoms with Crippen LogP contribution < -0.4 is 4.74 Å². The van der Waals surface area contributed by atoms with Gasteiger partial charge >= 0.3 is 5.97 Å². The molecule has 0 bridgehead atoms. The highest BCUT2D eigenvalue weighted by Crippen LogP contribution is 2.38. The van der Waals surface area contributed by atoms with E-state index < -0.39 is 11.6 Å². The number of aromatic nitrogens is 2. The maximum Gasteiger partial charge on any atom is 0.349 e. The zero-order valence-electron chi connectivity index (χ0n) is 14.6. The molecule has 0 atom stereocenters. The van der Waals surface area contributed by atoms with E-state index in [1.807, 2.05) is 18.2 Å². The van der Waals surface area contributed by atoms with Crippen LogP contribution in [0.5, 0.6) is 5.75 Å². The number of hydrogen-bond acceptors (Lipinski definition) is 7. The number of fused-ring (bicyclic) bond motifs is 1. The van der Waals surface area contributed by atoms with Crippen molar-refractivity contribution in [3.8, 4) is 22.9 Å². The SMILES string of the molecule is CCOC(=O)C(C)(C)Oc1ccc2nsnc2c1-c1ccc(C#N)cc1. The first kappa shape index (κ1) is 17.8. The Morgan fingerprint density at radius 2 is 1.92 bits per heavy atom. The van der Waals surface area contributed by atoms with Gasteiger partial charge in [0.15, 0.2) is 5.60 Å². The molecule has 6 nitrogen and oxygen atoms in total. The molecule has 3 rings (SSSR count). The molecule has 0 aliphatic rings. The molecule has 0 unspecified atom stereocenters. The molecule has 0 aliphatic carbocycles. The van der Waals surface area contributed by atoms with Crippen LogP contribution in [0.3, 0.4) is 0 Å². The summed E-state index contributed by atoms with van der Waals surface area (Å²) in [5.41, 5.74) is 2.41. The normalized spacial score (nSPS) is 11.2. The van der Waals surface area contributed by atoms with Crippen molar-refractivity contribution in [2.75, 3.05) is 6.61 Å². The summed E-state index contributed by atoms with van der Waals surface area (Å²) in [6.07, 6.45) is 0. The van der Waals surface area contributed by atoms with Gasteiger partial charge in [-0.3, -0.25) is 0 Å². The number of nitriles is 1. The van der Waals surface area contributed by atoms with E-state index >= 15 is 0 Å². The van der Waals surface area contributed by atoms with Crippen LogP contribution in [0.1, 0.15) is 26.3 Å². The summed E-state index contributed by atoms with van der Waals surface area (Å²) in [4.78, 5) is 12.2. The summed E-state index contributed by atoms with van der Waals surface area (Å²) in [7, 11) is 0. The first-order chi connectivity index (χ1) is 12.5. The molecule has 1 heterocycles. The van der Waals surface area contributed by atoms with Gasteiger partial charge in [-0.1, -0.05) is 12.1 Å². The molecule has 3 aromatic rings. The van der Waals surface area contributed by atoms with Gasteiger partial charge in [0.1, 0.15) is 16.8 Å². The number of carbonyl (C=O) groups is 1. The predicted molar refractivity (Wildman–Crippen MR) is 98.9 cm³/mol. The molecular weight excluding hydrogens is 350 g/mol. The Morgan fingerprint density at radius 1 is 1.19 bits per heavy atom. The van der Waals surface area contributed by atoms with E-state index in [9.17, 15) is 4.79 Å². The Labute approximate surface area is 155 Å². The fraction of sp³-hybridized carbons (Fsp3) is 0.263. The van der Waals surface area contributed by atoms with E-state index in [1.165, 1.54) is 0 Å². The molecule has 0 spiro atoms. The molecule has 0 saturated carbocycles. The van der Waals surface area contributed by atoms with E-state index in [0.29, 0.717) is 16.8 Å². The van der Waals surface area contributed by atoms with E-state index in [4.69, 9.17) is 14.7 Å². The van der Waals surface area contributed by atoms with Gasteiger partial charge in [0.25, 0.3) is 0 Å². The highest BCUT2D eigenvalue weighted by Gasteiger charge is 2.33. The second-order valence-electron chi connectivity index (χ2n) is 6.09. The Bertz CT molecular complexity index is 987. The monoisotopic (exact) mass is 367 g/mol. The molecular formula is C19H17N3O3S. The molecule has 2 aromatic carbocycles. The summed E-state index contributed by atoms with van der Waals surface area (Å²) < 4.78 is 19.8. The smallest absolute Gasteiger partial charge is 0.349 e. The van der Waals surface area contributed by atoms with Crippen molar-refractivity contribution in [2.45, 2.75) is 26.4 Å². The first-order valence-electron chi connectivity index (χ1n) is 8.08. The van der Waals surface area contributed by atoms with Crippen molar-refractivity contribution in [3.05, 3.63) is 42.0 Å². The molecule has 0 aliphatic heterocycles. The van der Waals surface area contributed by atoms with Crippen LogP contribution in [0.15, 0.2) is 36.4 Å². The molecule has 132 valence electrons. The van der Waals surface area contributed by atoms with Crippen molar-refractivity contribution in [2.24, 2.45) is 0 Å². The Hall–Kier alpha value is -2.98. The third kappa shape index (κ3) is 3.37. The van der Waals surface area contributed by atoms with Crippen molar-refractivity contribution in [1.29, 1.82) is 5.26 Å². The molecule has 0 amide bonds. The highest BCUT2D eigenvalue weighted by atomic mass is 32.1. The minimum Gasteiger partial charge on any atom is -0.475 e. The molecule has 0 N–H and O–H groups in total.